The Labute approximate surface area is 141 Å². The largest absolute Gasteiger partial charge is 0.493 e. The normalized spacial score (nSPS) is 19.1. The average molecular weight is 334 g/mol. The van der Waals surface area contributed by atoms with Gasteiger partial charge in [-0.15, -0.1) is 0 Å². The molecule has 0 amide bonds. The third-order valence-electron chi connectivity index (χ3n) is 3.80. The summed E-state index contributed by atoms with van der Waals surface area (Å²) in [5, 5.41) is 3.96. The van der Waals surface area contributed by atoms with E-state index in [1.165, 1.54) is 0 Å². The van der Waals surface area contributed by atoms with Crippen molar-refractivity contribution in [3.05, 3.63) is 59.1 Å². The van der Waals surface area contributed by atoms with Crippen molar-refractivity contribution >= 4 is 11.6 Å². The van der Waals surface area contributed by atoms with Gasteiger partial charge in [-0.25, -0.2) is 0 Å². The van der Waals surface area contributed by atoms with Crippen molar-refractivity contribution in [3.63, 3.8) is 0 Å². The van der Waals surface area contributed by atoms with E-state index in [2.05, 4.69) is 5.32 Å². The molecule has 23 heavy (non-hydrogen) atoms. The lowest BCUT2D eigenvalue weighted by atomic mass is 10.0. The van der Waals surface area contributed by atoms with Gasteiger partial charge in [-0.05, 0) is 17.7 Å². The van der Waals surface area contributed by atoms with Gasteiger partial charge >= 0.3 is 0 Å². The Morgan fingerprint density at radius 3 is 2.70 bits per heavy atom. The molecule has 0 aromatic heterocycles. The molecule has 1 saturated heterocycles. The van der Waals surface area contributed by atoms with Crippen molar-refractivity contribution in [2.75, 3.05) is 26.8 Å². The van der Waals surface area contributed by atoms with E-state index < -0.39 is 0 Å². The van der Waals surface area contributed by atoms with Crippen LogP contribution in [-0.2, 0) is 4.74 Å². The average Bonchev–Trinajstić information content (AvgIpc) is 2.62. The van der Waals surface area contributed by atoms with Crippen LogP contribution in [-0.4, -0.2) is 32.9 Å². The first-order chi connectivity index (χ1) is 11.3. The van der Waals surface area contributed by atoms with Crippen LogP contribution in [0.2, 0.25) is 5.02 Å². The number of hydrogen-bond donors (Lipinski definition) is 1. The van der Waals surface area contributed by atoms with Gasteiger partial charge in [0.1, 0.15) is 6.10 Å². The van der Waals surface area contributed by atoms with E-state index in [0.717, 1.165) is 18.7 Å². The molecule has 1 aliphatic heterocycles. The van der Waals surface area contributed by atoms with Gasteiger partial charge in [0.25, 0.3) is 0 Å². The van der Waals surface area contributed by atoms with E-state index >= 15 is 0 Å². The Kier molecular flexibility index (Phi) is 5.39. The second-order valence-electron chi connectivity index (χ2n) is 5.36. The van der Waals surface area contributed by atoms with Crippen LogP contribution in [0.4, 0.5) is 0 Å². The molecule has 2 aromatic carbocycles. The minimum Gasteiger partial charge on any atom is -0.493 e. The molecule has 1 fully saturated rings. The molecule has 1 aliphatic rings. The second-order valence-corrected chi connectivity index (χ2v) is 5.79. The summed E-state index contributed by atoms with van der Waals surface area (Å²) in [6.45, 7) is 2.28. The van der Waals surface area contributed by atoms with E-state index in [1.807, 2.05) is 36.4 Å². The summed E-state index contributed by atoms with van der Waals surface area (Å²) in [4.78, 5) is 0. The summed E-state index contributed by atoms with van der Waals surface area (Å²) in [6.07, 6.45) is -0.286. The Morgan fingerprint density at radius 2 is 2.00 bits per heavy atom. The van der Waals surface area contributed by atoms with Crippen molar-refractivity contribution in [2.45, 2.75) is 12.2 Å². The zero-order chi connectivity index (χ0) is 16.1. The highest BCUT2D eigenvalue weighted by molar-refractivity contribution is 6.30. The number of nitrogens with one attached hydrogen (secondary N) is 1. The third-order valence-corrected chi connectivity index (χ3v) is 4.04. The quantitative estimate of drug-likeness (QED) is 0.909. The molecular formula is C18H20ClNO3. The predicted molar refractivity (Wildman–Crippen MR) is 90.4 cm³/mol. The van der Waals surface area contributed by atoms with Gasteiger partial charge in [0.15, 0.2) is 17.6 Å². The molecule has 0 aliphatic carbocycles. The fourth-order valence-corrected chi connectivity index (χ4v) is 2.82. The number of methoxy groups -OCH3 is 1. The molecule has 122 valence electrons. The van der Waals surface area contributed by atoms with Crippen molar-refractivity contribution < 1.29 is 14.2 Å². The third kappa shape index (κ3) is 3.96. The summed E-state index contributed by atoms with van der Waals surface area (Å²) in [5.74, 6) is 1.27. The Hall–Kier alpha value is -1.75. The standard InChI is InChI=1S/C18H20ClNO3/c1-21-16-11-14(19)7-8-15(16)23-18(13-5-3-2-4-6-13)17-12-20-9-10-22-17/h2-8,11,17-18,20H,9-10,12H2,1H3/t17-,18?/m1/s1. The maximum atomic E-state index is 6.27. The van der Waals surface area contributed by atoms with Crippen LogP contribution in [0.25, 0.3) is 0 Å². The Bertz CT molecular complexity index is 629. The summed E-state index contributed by atoms with van der Waals surface area (Å²) in [5.41, 5.74) is 1.07. The van der Waals surface area contributed by atoms with Gasteiger partial charge in [-0.2, -0.15) is 0 Å². The maximum Gasteiger partial charge on any atom is 0.162 e. The van der Waals surface area contributed by atoms with Crippen LogP contribution >= 0.6 is 11.6 Å². The van der Waals surface area contributed by atoms with Gasteiger partial charge in [0.05, 0.1) is 13.7 Å². The SMILES string of the molecule is COc1cc(Cl)ccc1OC(c1ccccc1)[C@H]1CNCCO1. The fraction of sp³-hybridized carbons (Fsp3) is 0.333. The molecule has 0 bridgehead atoms. The zero-order valence-corrected chi connectivity index (χ0v) is 13.8. The zero-order valence-electron chi connectivity index (χ0n) is 13.0. The van der Waals surface area contributed by atoms with Crippen LogP contribution in [0, 0.1) is 0 Å². The number of benzene rings is 2. The van der Waals surface area contributed by atoms with Crippen molar-refractivity contribution in [1.82, 2.24) is 5.32 Å². The molecule has 5 heteroatoms. The number of morpholine rings is 1. The molecule has 2 aromatic rings. The van der Waals surface area contributed by atoms with Crippen molar-refractivity contribution in [3.8, 4) is 11.5 Å². The van der Waals surface area contributed by atoms with E-state index in [1.54, 1.807) is 19.2 Å². The van der Waals surface area contributed by atoms with E-state index in [9.17, 15) is 0 Å². The summed E-state index contributed by atoms with van der Waals surface area (Å²) >= 11 is 6.03. The summed E-state index contributed by atoms with van der Waals surface area (Å²) in [6, 6.07) is 15.5. The van der Waals surface area contributed by atoms with E-state index in [-0.39, 0.29) is 12.2 Å². The molecule has 1 heterocycles. The first-order valence-corrected chi connectivity index (χ1v) is 8.03. The highest BCUT2D eigenvalue weighted by Gasteiger charge is 2.28. The van der Waals surface area contributed by atoms with Crippen LogP contribution in [0.3, 0.4) is 0 Å². The van der Waals surface area contributed by atoms with Gasteiger partial charge < -0.3 is 19.5 Å². The number of ether oxygens (including phenoxy) is 3. The van der Waals surface area contributed by atoms with Gasteiger partial charge in [-0.3, -0.25) is 0 Å². The molecule has 0 spiro atoms. The first-order valence-electron chi connectivity index (χ1n) is 7.65. The lowest BCUT2D eigenvalue weighted by Gasteiger charge is -2.32. The van der Waals surface area contributed by atoms with Crippen LogP contribution in [0.1, 0.15) is 11.7 Å². The lowest BCUT2D eigenvalue weighted by Crippen LogP contribution is -2.43. The molecule has 3 rings (SSSR count). The first kappa shape index (κ1) is 16.1. The molecule has 0 radical (unpaired) electrons. The predicted octanol–water partition coefficient (Wildman–Crippen LogP) is 3.46. The molecule has 0 saturated carbocycles. The Balaban J connectivity index is 1.89. The smallest absolute Gasteiger partial charge is 0.162 e. The van der Waals surface area contributed by atoms with Gasteiger partial charge in [-0.1, -0.05) is 41.9 Å². The molecule has 4 nitrogen and oxygen atoms in total. The van der Waals surface area contributed by atoms with E-state index in [0.29, 0.717) is 23.1 Å². The topological polar surface area (TPSA) is 39.7 Å². The molecule has 2 atom stereocenters. The Morgan fingerprint density at radius 1 is 1.17 bits per heavy atom. The number of hydrogen-bond acceptors (Lipinski definition) is 4. The van der Waals surface area contributed by atoms with Crippen LogP contribution in [0.15, 0.2) is 48.5 Å². The maximum absolute atomic E-state index is 6.27. The van der Waals surface area contributed by atoms with Crippen LogP contribution < -0.4 is 14.8 Å². The van der Waals surface area contributed by atoms with Crippen LogP contribution in [0.5, 0.6) is 11.5 Å². The molecular weight excluding hydrogens is 314 g/mol. The lowest BCUT2D eigenvalue weighted by molar-refractivity contribution is -0.0438. The highest BCUT2D eigenvalue weighted by Crippen LogP contribution is 2.35. The van der Waals surface area contributed by atoms with Gasteiger partial charge in [0, 0.05) is 24.2 Å². The van der Waals surface area contributed by atoms with Crippen molar-refractivity contribution in [1.29, 1.82) is 0 Å². The number of halogens is 1. The molecule has 1 N–H and O–H groups in total. The summed E-state index contributed by atoms with van der Waals surface area (Å²) < 4.78 is 17.6. The van der Waals surface area contributed by atoms with Crippen molar-refractivity contribution in [2.24, 2.45) is 0 Å². The summed E-state index contributed by atoms with van der Waals surface area (Å²) in [7, 11) is 1.61. The minimum atomic E-state index is -0.223. The molecule has 1 unspecified atom stereocenters. The van der Waals surface area contributed by atoms with E-state index in [4.69, 9.17) is 25.8 Å². The number of rotatable bonds is 5. The monoisotopic (exact) mass is 333 g/mol. The van der Waals surface area contributed by atoms with Gasteiger partial charge in [0.2, 0.25) is 0 Å². The highest BCUT2D eigenvalue weighted by atomic mass is 35.5. The fourth-order valence-electron chi connectivity index (χ4n) is 2.66. The second kappa shape index (κ2) is 7.68. The minimum absolute atomic E-state index is 0.0634.